The number of rotatable bonds is 5. The fourth-order valence-corrected chi connectivity index (χ4v) is 1.81. The maximum atomic E-state index is 5.85. The first-order valence-electron chi connectivity index (χ1n) is 6.39. The number of nitrogens with one attached hydrogen (secondary N) is 1. The summed E-state index contributed by atoms with van der Waals surface area (Å²) < 4.78 is 5.79. The third kappa shape index (κ3) is 4.58. The average Bonchev–Trinajstić information content (AvgIpc) is 2.40. The van der Waals surface area contributed by atoms with Crippen LogP contribution in [0.1, 0.15) is 19.4 Å². The van der Waals surface area contributed by atoms with Crippen molar-refractivity contribution in [2.24, 2.45) is 0 Å². The summed E-state index contributed by atoms with van der Waals surface area (Å²) >= 11 is 5.85. The van der Waals surface area contributed by atoms with E-state index in [2.05, 4.69) is 25.2 Å². The molecule has 0 saturated carbocycles. The van der Waals surface area contributed by atoms with Crippen LogP contribution in [0.25, 0.3) is 0 Å². The molecule has 0 aromatic heterocycles. The predicted octanol–water partition coefficient (Wildman–Crippen LogP) is 4.63. The minimum absolute atomic E-state index is 0.473. The molecule has 2 nitrogen and oxygen atoms in total. The van der Waals surface area contributed by atoms with Crippen molar-refractivity contribution in [3.8, 4) is 11.5 Å². The van der Waals surface area contributed by atoms with Crippen molar-refractivity contribution in [3.63, 3.8) is 0 Å². The summed E-state index contributed by atoms with van der Waals surface area (Å²) in [5.41, 5.74) is 1.21. The molecule has 3 heteroatoms. The Morgan fingerprint density at radius 1 is 1.05 bits per heavy atom. The number of halogens is 1. The van der Waals surface area contributed by atoms with E-state index in [1.807, 2.05) is 42.5 Å². The second-order valence-corrected chi connectivity index (χ2v) is 5.18. The van der Waals surface area contributed by atoms with Crippen LogP contribution in [0, 0.1) is 0 Å². The Labute approximate surface area is 119 Å². The van der Waals surface area contributed by atoms with Crippen LogP contribution in [-0.2, 0) is 6.54 Å². The van der Waals surface area contributed by atoms with E-state index in [-0.39, 0.29) is 0 Å². The SMILES string of the molecule is CC(C)NCc1cccc(Oc2ccc(Cl)cc2)c1. The molecule has 0 aliphatic heterocycles. The maximum Gasteiger partial charge on any atom is 0.127 e. The molecule has 2 rings (SSSR count). The summed E-state index contributed by atoms with van der Waals surface area (Å²) in [6, 6.07) is 15.9. The molecule has 2 aromatic rings. The van der Waals surface area contributed by atoms with E-state index in [1.165, 1.54) is 5.56 Å². The van der Waals surface area contributed by atoms with Crippen LogP contribution in [0.15, 0.2) is 48.5 Å². The molecule has 0 unspecified atom stereocenters. The average molecular weight is 276 g/mol. The fraction of sp³-hybridized carbons (Fsp3) is 0.250. The molecule has 0 atom stereocenters. The highest BCUT2D eigenvalue weighted by Gasteiger charge is 2.00. The molecule has 2 aromatic carbocycles. The van der Waals surface area contributed by atoms with E-state index in [1.54, 1.807) is 0 Å². The highest BCUT2D eigenvalue weighted by atomic mass is 35.5. The molecule has 0 spiro atoms. The van der Waals surface area contributed by atoms with Gasteiger partial charge in [-0.2, -0.15) is 0 Å². The summed E-state index contributed by atoms with van der Waals surface area (Å²) in [4.78, 5) is 0. The minimum atomic E-state index is 0.473. The van der Waals surface area contributed by atoms with Gasteiger partial charge in [0.2, 0.25) is 0 Å². The van der Waals surface area contributed by atoms with Crippen molar-refractivity contribution in [1.29, 1.82) is 0 Å². The van der Waals surface area contributed by atoms with Crippen LogP contribution in [0.2, 0.25) is 5.02 Å². The van der Waals surface area contributed by atoms with E-state index >= 15 is 0 Å². The minimum Gasteiger partial charge on any atom is -0.457 e. The zero-order chi connectivity index (χ0) is 13.7. The quantitative estimate of drug-likeness (QED) is 0.859. The van der Waals surface area contributed by atoms with Gasteiger partial charge in [-0.15, -0.1) is 0 Å². The third-order valence-electron chi connectivity index (χ3n) is 2.66. The van der Waals surface area contributed by atoms with E-state index in [9.17, 15) is 0 Å². The van der Waals surface area contributed by atoms with Crippen molar-refractivity contribution in [2.45, 2.75) is 26.4 Å². The number of benzene rings is 2. The Kier molecular flexibility index (Phi) is 4.83. The molecule has 0 heterocycles. The lowest BCUT2D eigenvalue weighted by molar-refractivity contribution is 0.481. The van der Waals surface area contributed by atoms with Crippen LogP contribution in [0.3, 0.4) is 0 Å². The van der Waals surface area contributed by atoms with Crippen molar-refractivity contribution in [1.82, 2.24) is 5.32 Å². The topological polar surface area (TPSA) is 21.3 Å². The highest BCUT2D eigenvalue weighted by molar-refractivity contribution is 6.30. The Bertz CT molecular complexity index is 523. The van der Waals surface area contributed by atoms with E-state index < -0.39 is 0 Å². The first kappa shape index (κ1) is 13.9. The lowest BCUT2D eigenvalue weighted by Gasteiger charge is -2.10. The van der Waals surface area contributed by atoms with E-state index in [0.717, 1.165) is 18.0 Å². The standard InChI is InChI=1S/C16H18ClNO/c1-12(2)18-11-13-4-3-5-16(10-13)19-15-8-6-14(17)7-9-15/h3-10,12,18H,11H2,1-2H3. The van der Waals surface area contributed by atoms with Crippen molar-refractivity contribution in [2.75, 3.05) is 0 Å². The Morgan fingerprint density at radius 3 is 2.47 bits per heavy atom. The van der Waals surface area contributed by atoms with Gasteiger partial charge in [0.1, 0.15) is 11.5 Å². The van der Waals surface area contributed by atoms with Gasteiger partial charge < -0.3 is 10.1 Å². The van der Waals surface area contributed by atoms with Gasteiger partial charge in [0.05, 0.1) is 0 Å². The van der Waals surface area contributed by atoms with Gasteiger partial charge in [0.15, 0.2) is 0 Å². The molecule has 0 bridgehead atoms. The van der Waals surface area contributed by atoms with Crippen molar-refractivity contribution < 1.29 is 4.74 Å². The summed E-state index contributed by atoms with van der Waals surface area (Å²) in [7, 11) is 0. The van der Waals surface area contributed by atoms with Crippen LogP contribution >= 0.6 is 11.6 Å². The summed E-state index contributed by atoms with van der Waals surface area (Å²) in [5.74, 6) is 1.63. The normalized spacial score (nSPS) is 10.7. The molecular formula is C16H18ClNO. The van der Waals surface area contributed by atoms with E-state index in [0.29, 0.717) is 11.1 Å². The van der Waals surface area contributed by atoms with Gasteiger partial charge in [-0.1, -0.05) is 37.6 Å². The molecule has 0 radical (unpaired) electrons. The maximum absolute atomic E-state index is 5.85. The third-order valence-corrected chi connectivity index (χ3v) is 2.91. The molecule has 0 saturated heterocycles. The van der Waals surface area contributed by atoms with Crippen molar-refractivity contribution in [3.05, 3.63) is 59.1 Å². The molecule has 19 heavy (non-hydrogen) atoms. The largest absolute Gasteiger partial charge is 0.457 e. The summed E-state index contributed by atoms with van der Waals surface area (Å²) in [5, 5.41) is 4.10. The molecule has 0 amide bonds. The Morgan fingerprint density at radius 2 is 1.79 bits per heavy atom. The molecule has 0 fully saturated rings. The summed E-state index contributed by atoms with van der Waals surface area (Å²) in [6.07, 6.45) is 0. The number of ether oxygens (including phenoxy) is 1. The van der Waals surface area contributed by atoms with Gasteiger partial charge in [-0.05, 0) is 42.0 Å². The van der Waals surface area contributed by atoms with Gasteiger partial charge in [-0.25, -0.2) is 0 Å². The Hall–Kier alpha value is -1.51. The zero-order valence-corrected chi connectivity index (χ0v) is 11.9. The summed E-state index contributed by atoms with van der Waals surface area (Å²) in [6.45, 7) is 5.11. The van der Waals surface area contributed by atoms with Crippen LogP contribution < -0.4 is 10.1 Å². The monoisotopic (exact) mass is 275 g/mol. The van der Waals surface area contributed by atoms with E-state index in [4.69, 9.17) is 16.3 Å². The number of hydrogen-bond acceptors (Lipinski definition) is 2. The lowest BCUT2D eigenvalue weighted by atomic mass is 10.2. The Balaban J connectivity index is 2.04. The van der Waals surface area contributed by atoms with Crippen LogP contribution in [-0.4, -0.2) is 6.04 Å². The van der Waals surface area contributed by atoms with Gasteiger partial charge in [-0.3, -0.25) is 0 Å². The van der Waals surface area contributed by atoms with Gasteiger partial charge in [0.25, 0.3) is 0 Å². The first-order valence-corrected chi connectivity index (χ1v) is 6.77. The number of hydrogen-bond donors (Lipinski definition) is 1. The van der Waals surface area contributed by atoms with Gasteiger partial charge >= 0.3 is 0 Å². The fourth-order valence-electron chi connectivity index (χ4n) is 1.68. The molecule has 100 valence electrons. The second kappa shape index (κ2) is 6.60. The predicted molar refractivity (Wildman–Crippen MR) is 79.9 cm³/mol. The van der Waals surface area contributed by atoms with Crippen LogP contribution in [0.4, 0.5) is 0 Å². The molecular weight excluding hydrogens is 258 g/mol. The highest BCUT2D eigenvalue weighted by Crippen LogP contribution is 2.23. The zero-order valence-electron chi connectivity index (χ0n) is 11.2. The first-order chi connectivity index (χ1) is 9.13. The molecule has 0 aliphatic rings. The van der Waals surface area contributed by atoms with Crippen molar-refractivity contribution >= 4 is 11.6 Å². The molecule has 1 N–H and O–H groups in total. The second-order valence-electron chi connectivity index (χ2n) is 4.74. The van der Waals surface area contributed by atoms with Gasteiger partial charge in [0, 0.05) is 17.6 Å². The molecule has 0 aliphatic carbocycles. The lowest BCUT2D eigenvalue weighted by Crippen LogP contribution is -2.21. The smallest absolute Gasteiger partial charge is 0.127 e. The van der Waals surface area contributed by atoms with Crippen LogP contribution in [0.5, 0.6) is 11.5 Å².